The van der Waals surface area contributed by atoms with E-state index in [2.05, 4.69) is 20.0 Å². The number of esters is 1. The van der Waals surface area contributed by atoms with Crippen LogP contribution in [0.25, 0.3) is 11.2 Å². The number of para-hydroxylation sites is 1. The van der Waals surface area contributed by atoms with Crippen LogP contribution in [0.15, 0.2) is 36.7 Å². The fourth-order valence-corrected chi connectivity index (χ4v) is 7.07. The first-order chi connectivity index (χ1) is 19.8. The summed E-state index contributed by atoms with van der Waals surface area (Å²) >= 11 is 12.1. The number of alkyl halides is 2. The molecule has 12 nitrogen and oxygen atoms in total. The van der Waals surface area contributed by atoms with Crippen LogP contribution in [-0.2, 0) is 30.6 Å². The predicted octanol–water partition coefficient (Wildman–Crippen LogP) is 3.66. The average Bonchev–Trinajstić information content (AvgIpc) is 3.45. The van der Waals surface area contributed by atoms with E-state index in [1.54, 1.807) is 62.9 Å². The number of rotatable bonds is 12. The lowest BCUT2D eigenvalue weighted by molar-refractivity contribution is -0.149. The summed E-state index contributed by atoms with van der Waals surface area (Å²) in [7, 11) is 3.62. The van der Waals surface area contributed by atoms with Crippen molar-refractivity contribution in [3.8, 4) is 5.75 Å². The van der Waals surface area contributed by atoms with E-state index in [4.69, 9.17) is 41.9 Å². The van der Waals surface area contributed by atoms with Crippen molar-refractivity contribution in [2.45, 2.75) is 63.9 Å². The third kappa shape index (κ3) is 6.85. The standard InChI is InChI=1S/C26H35ClFN6O6PS/c1-15(2)38-25(36)16(3)32-41(42,40-18-10-8-7-9-11-18)37-13-26(12-27)21(35)19(28)24(39-26)34-14-29-20-22(33(5)6)30-17(4)31-23(20)34/h7-11,14-16,19,21,24,35H,12-13H2,1-6H3,(H,32,42)/t16-,19+,21-,24+,26+,41?/m0/s1. The predicted molar refractivity (Wildman–Crippen MR) is 160 cm³/mol. The van der Waals surface area contributed by atoms with Gasteiger partial charge in [-0.25, -0.2) is 24.4 Å². The minimum Gasteiger partial charge on any atom is -0.462 e. The van der Waals surface area contributed by atoms with E-state index in [-0.39, 0.29) is 12.0 Å². The Balaban J connectivity index is 1.62. The number of carbonyl (C=O) groups excluding carboxylic acids is 1. The summed E-state index contributed by atoms with van der Waals surface area (Å²) in [4.78, 5) is 27.6. The van der Waals surface area contributed by atoms with Crippen molar-refractivity contribution in [3.63, 3.8) is 0 Å². The van der Waals surface area contributed by atoms with Gasteiger partial charge in [-0.15, -0.1) is 11.6 Å². The molecule has 0 amide bonds. The number of carbonyl (C=O) groups is 1. The molecular weight excluding hydrogens is 610 g/mol. The third-order valence-electron chi connectivity index (χ3n) is 6.41. The van der Waals surface area contributed by atoms with Crippen LogP contribution in [0, 0.1) is 6.92 Å². The zero-order valence-electron chi connectivity index (χ0n) is 24.1. The molecule has 0 spiro atoms. The van der Waals surface area contributed by atoms with Gasteiger partial charge in [0.05, 0.1) is 24.9 Å². The van der Waals surface area contributed by atoms with E-state index in [9.17, 15) is 9.90 Å². The number of benzene rings is 1. The van der Waals surface area contributed by atoms with Gasteiger partial charge in [-0.05, 0) is 51.6 Å². The Morgan fingerprint density at radius 3 is 2.62 bits per heavy atom. The van der Waals surface area contributed by atoms with Crippen LogP contribution in [-0.4, -0.2) is 87.2 Å². The van der Waals surface area contributed by atoms with Gasteiger partial charge >= 0.3 is 12.6 Å². The minimum atomic E-state index is -3.53. The number of fused-ring (bicyclic) bond motifs is 1. The molecule has 6 atom stereocenters. The number of halogens is 2. The molecule has 0 bridgehead atoms. The van der Waals surface area contributed by atoms with E-state index in [1.807, 2.05) is 14.1 Å². The van der Waals surface area contributed by atoms with Gasteiger partial charge in [-0.2, -0.15) is 0 Å². The van der Waals surface area contributed by atoms with Crippen molar-refractivity contribution >= 4 is 53.0 Å². The molecule has 1 aliphatic rings. The number of ether oxygens (including phenoxy) is 2. The number of imidazole rings is 1. The van der Waals surface area contributed by atoms with Gasteiger partial charge in [-0.1, -0.05) is 18.2 Å². The molecule has 0 saturated carbocycles. The quantitative estimate of drug-likeness (QED) is 0.169. The van der Waals surface area contributed by atoms with E-state index < -0.39 is 49.4 Å². The monoisotopic (exact) mass is 644 g/mol. The van der Waals surface area contributed by atoms with Gasteiger partial charge < -0.3 is 28.5 Å². The molecule has 1 unspecified atom stereocenters. The number of nitrogens with zero attached hydrogens (tertiary/aromatic N) is 5. The van der Waals surface area contributed by atoms with Crippen LogP contribution in [0.1, 0.15) is 32.8 Å². The summed E-state index contributed by atoms with van der Waals surface area (Å²) in [6, 6.07) is 7.73. The molecule has 3 heterocycles. The molecule has 2 aromatic heterocycles. The molecule has 3 aromatic rings. The lowest BCUT2D eigenvalue weighted by atomic mass is 9.99. The average molecular weight is 645 g/mol. The molecule has 1 aromatic carbocycles. The molecule has 4 rings (SSSR count). The SMILES string of the molecule is Cc1nc(N(C)C)c2ncn([C@@H]3O[C@](CCl)(COP(=S)(N[C@@H](C)C(=O)OC(C)C)Oc4ccccc4)[C@@H](O)[C@H]3F)c2n1. The minimum absolute atomic E-state index is 0.328. The maximum atomic E-state index is 15.8. The summed E-state index contributed by atoms with van der Waals surface area (Å²) in [5.41, 5.74) is -0.968. The topological polar surface area (TPSA) is 133 Å². The highest BCUT2D eigenvalue weighted by Crippen LogP contribution is 2.49. The number of hydrogen-bond acceptors (Lipinski definition) is 11. The molecular formula is C26H35ClFN6O6PS. The van der Waals surface area contributed by atoms with E-state index in [0.29, 0.717) is 28.6 Å². The van der Waals surface area contributed by atoms with Gasteiger partial charge in [0.1, 0.15) is 29.3 Å². The molecule has 1 fully saturated rings. The number of aromatic nitrogens is 4. The fraction of sp³-hybridized carbons (Fsp3) is 0.538. The molecule has 230 valence electrons. The smallest absolute Gasteiger partial charge is 0.323 e. The van der Waals surface area contributed by atoms with E-state index in [0.717, 1.165) is 0 Å². The number of aliphatic hydroxyl groups is 1. The molecule has 0 radical (unpaired) electrons. The Bertz CT molecular complexity index is 1450. The highest BCUT2D eigenvalue weighted by atomic mass is 35.5. The lowest BCUT2D eigenvalue weighted by Crippen LogP contribution is -2.48. The molecule has 1 saturated heterocycles. The summed E-state index contributed by atoms with van der Waals surface area (Å²) in [5, 5.41) is 14.0. The second-order valence-corrected chi connectivity index (χ2v) is 13.8. The fourth-order valence-electron chi connectivity index (χ4n) is 4.33. The molecule has 1 aliphatic heterocycles. The second-order valence-electron chi connectivity index (χ2n) is 10.4. The van der Waals surface area contributed by atoms with Crippen molar-refractivity contribution in [1.82, 2.24) is 24.6 Å². The van der Waals surface area contributed by atoms with Crippen molar-refractivity contribution in [1.29, 1.82) is 0 Å². The number of hydrogen-bond donors (Lipinski definition) is 2. The summed E-state index contributed by atoms with van der Waals surface area (Å²) in [6.07, 6.45) is -3.94. The lowest BCUT2D eigenvalue weighted by Gasteiger charge is -2.33. The number of aliphatic hydroxyl groups excluding tert-OH is 1. The molecule has 0 aliphatic carbocycles. The Morgan fingerprint density at radius 2 is 2.00 bits per heavy atom. The van der Waals surface area contributed by atoms with Crippen molar-refractivity contribution in [2.75, 3.05) is 31.5 Å². The highest BCUT2D eigenvalue weighted by Gasteiger charge is 2.57. The van der Waals surface area contributed by atoms with Gasteiger partial charge in [0.25, 0.3) is 0 Å². The van der Waals surface area contributed by atoms with Crippen LogP contribution >= 0.6 is 18.2 Å². The normalized spacial score (nSPS) is 24.5. The van der Waals surface area contributed by atoms with Gasteiger partial charge in [-0.3, -0.25) is 9.36 Å². The largest absolute Gasteiger partial charge is 0.462 e. The maximum absolute atomic E-state index is 15.8. The first-order valence-corrected chi connectivity index (χ1v) is 16.4. The van der Waals surface area contributed by atoms with Crippen LogP contribution in [0.4, 0.5) is 10.2 Å². The summed E-state index contributed by atoms with van der Waals surface area (Å²) < 4.78 is 40.7. The molecule has 42 heavy (non-hydrogen) atoms. The Labute approximate surface area is 253 Å². The number of aryl methyl sites for hydroxylation is 1. The Morgan fingerprint density at radius 1 is 1.31 bits per heavy atom. The van der Waals surface area contributed by atoms with Gasteiger partial charge in [0, 0.05) is 14.1 Å². The second kappa shape index (κ2) is 13.0. The zero-order valence-corrected chi connectivity index (χ0v) is 26.6. The number of anilines is 1. The van der Waals surface area contributed by atoms with Crippen molar-refractivity contribution in [2.24, 2.45) is 0 Å². The summed E-state index contributed by atoms with van der Waals surface area (Å²) in [5.74, 6) is 0.466. The molecule has 2 N–H and O–H groups in total. The molecule has 16 heteroatoms. The first kappa shape index (κ1) is 32.5. The van der Waals surface area contributed by atoms with E-state index >= 15 is 4.39 Å². The first-order valence-electron chi connectivity index (χ1n) is 13.2. The van der Waals surface area contributed by atoms with Gasteiger partial charge in [0.2, 0.25) is 0 Å². The van der Waals surface area contributed by atoms with Crippen LogP contribution in [0.5, 0.6) is 5.75 Å². The third-order valence-corrected chi connectivity index (χ3v) is 9.34. The Hall–Kier alpha value is -2.45. The van der Waals surface area contributed by atoms with E-state index in [1.165, 1.54) is 10.9 Å². The maximum Gasteiger partial charge on any atom is 0.323 e. The zero-order chi connectivity index (χ0) is 30.8. The van der Waals surface area contributed by atoms with Crippen molar-refractivity contribution in [3.05, 3.63) is 42.5 Å². The van der Waals surface area contributed by atoms with Gasteiger partial charge in [0.15, 0.2) is 29.4 Å². The van der Waals surface area contributed by atoms with Crippen LogP contribution < -0.4 is 14.5 Å². The Kier molecular flexibility index (Phi) is 10.1. The summed E-state index contributed by atoms with van der Waals surface area (Å²) in [6.45, 7) is 2.74. The van der Waals surface area contributed by atoms with Crippen LogP contribution in [0.2, 0.25) is 0 Å². The van der Waals surface area contributed by atoms with Crippen LogP contribution in [0.3, 0.4) is 0 Å². The van der Waals surface area contributed by atoms with Crippen molar-refractivity contribution < 1.29 is 32.8 Å². The highest BCUT2D eigenvalue weighted by molar-refractivity contribution is 8.09. The number of nitrogens with one attached hydrogen (secondary N) is 1.